The van der Waals surface area contributed by atoms with E-state index in [4.69, 9.17) is 0 Å². The molecule has 0 aromatic carbocycles. The monoisotopic (exact) mass is 336 g/mol. The van der Waals surface area contributed by atoms with Gasteiger partial charge in [0.15, 0.2) is 12.4 Å². The van der Waals surface area contributed by atoms with Gasteiger partial charge in [-0.05, 0) is 5.56 Å². The fourth-order valence-corrected chi connectivity index (χ4v) is 3.13. The number of aromatic amines is 1. The van der Waals surface area contributed by atoms with Crippen LogP contribution >= 0.6 is 0 Å². The Hall–Kier alpha value is -2.26. The maximum Gasteiger partial charge on any atom is 0.256 e. The molecule has 3 rings (SSSR count). The number of pyridine rings is 1. The molecular formula is C14H16N4O4S. The number of hydrogen-bond donors (Lipinski definition) is 1. The van der Waals surface area contributed by atoms with Crippen molar-refractivity contribution in [1.82, 2.24) is 14.9 Å². The number of aromatic nitrogens is 3. The molecule has 0 atom stereocenters. The summed E-state index contributed by atoms with van der Waals surface area (Å²) in [6.45, 7) is 1.67. The van der Waals surface area contributed by atoms with E-state index in [2.05, 4.69) is 14.9 Å². The fraction of sp³-hybridized carbons (Fsp3) is 0.357. The summed E-state index contributed by atoms with van der Waals surface area (Å²) in [4.78, 5) is 20.6. The minimum absolute atomic E-state index is 0.280. The van der Waals surface area contributed by atoms with E-state index in [9.17, 15) is 18.4 Å². The summed E-state index contributed by atoms with van der Waals surface area (Å²) in [7, 11) is -3.54. The van der Waals surface area contributed by atoms with E-state index < -0.39 is 15.4 Å². The van der Waals surface area contributed by atoms with Gasteiger partial charge in [-0.1, -0.05) is 0 Å². The normalized spacial score (nSPS) is 15.3. The molecule has 0 fully saturated rings. The van der Waals surface area contributed by atoms with Crippen molar-refractivity contribution in [2.24, 2.45) is 0 Å². The molecule has 1 aliphatic rings. The van der Waals surface area contributed by atoms with Crippen molar-refractivity contribution < 1.29 is 13.1 Å². The maximum atomic E-state index is 12.1. The summed E-state index contributed by atoms with van der Waals surface area (Å²) in [6.07, 6.45) is 4.39. The van der Waals surface area contributed by atoms with Gasteiger partial charge in [-0.25, -0.2) is 13.4 Å². The van der Waals surface area contributed by atoms with E-state index >= 15 is 0 Å². The van der Waals surface area contributed by atoms with Crippen molar-refractivity contribution in [3.8, 4) is 0 Å². The van der Waals surface area contributed by atoms with Gasteiger partial charge in [0.05, 0.1) is 11.3 Å². The van der Waals surface area contributed by atoms with Crippen molar-refractivity contribution in [2.45, 2.75) is 24.7 Å². The molecule has 1 aliphatic heterocycles. The van der Waals surface area contributed by atoms with Crippen LogP contribution in [0.3, 0.4) is 0 Å². The van der Waals surface area contributed by atoms with Crippen molar-refractivity contribution in [1.29, 1.82) is 0 Å². The van der Waals surface area contributed by atoms with Crippen LogP contribution in [-0.2, 0) is 29.3 Å². The molecule has 0 amide bonds. The van der Waals surface area contributed by atoms with Crippen LogP contribution in [0.4, 0.5) is 0 Å². The van der Waals surface area contributed by atoms with Crippen LogP contribution in [0.1, 0.15) is 16.8 Å². The largest absolute Gasteiger partial charge is 0.619 e. The Morgan fingerprint density at radius 3 is 2.74 bits per heavy atom. The highest BCUT2D eigenvalue weighted by Crippen LogP contribution is 2.17. The first kappa shape index (κ1) is 15.6. The van der Waals surface area contributed by atoms with Crippen molar-refractivity contribution >= 4 is 9.84 Å². The maximum absolute atomic E-state index is 12.1. The second-order valence-corrected chi connectivity index (χ2v) is 7.53. The van der Waals surface area contributed by atoms with Crippen LogP contribution in [0.15, 0.2) is 34.5 Å². The number of sulfone groups is 1. The number of nitrogens with one attached hydrogen (secondary N) is 1. The molecule has 0 aliphatic carbocycles. The number of nitrogens with zero attached hydrogens (tertiary/aromatic N) is 3. The fourth-order valence-electron chi connectivity index (χ4n) is 2.58. The predicted octanol–water partition coefficient (Wildman–Crippen LogP) is -0.635. The van der Waals surface area contributed by atoms with Crippen LogP contribution < -0.4 is 10.3 Å². The lowest BCUT2D eigenvalue weighted by Crippen LogP contribution is -2.36. The van der Waals surface area contributed by atoms with Crippen LogP contribution in [0.25, 0.3) is 0 Å². The number of fused-ring (bicyclic) bond motifs is 1. The molecule has 1 N–H and O–H groups in total. The van der Waals surface area contributed by atoms with Gasteiger partial charge >= 0.3 is 0 Å². The molecule has 2 aromatic rings. The predicted molar refractivity (Wildman–Crippen MR) is 81.2 cm³/mol. The molecule has 0 spiro atoms. The van der Waals surface area contributed by atoms with Crippen LogP contribution in [0.5, 0.6) is 0 Å². The summed E-state index contributed by atoms with van der Waals surface area (Å²) < 4.78 is 23.8. The molecule has 0 radical (unpaired) electrons. The molecule has 3 heterocycles. The second kappa shape index (κ2) is 5.74. The van der Waals surface area contributed by atoms with Gasteiger partial charge in [0, 0.05) is 44.4 Å². The molecule has 0 saturated carbocycles. The number of hydrogen-bond acceptors (Lipinski definition) is 6. The molecule has 2 aromatic heterocycles. The lowest BCUT2D eigenvalue weighted by Gasteiger charge is -2.27. The minimum Gasteiger partial charge on any atom is -0.619 e. The zero-order chi connectivity index (χ0) is 16.6. The Morgan fingerprint density at radius 2 is 2.09 bits per heavy atom. The molecule has 0 bridgehead atoms. The van der Waals surface area contributed by atoms with Gasteiger partial charge < -0.3 is 5.21 Å². The first-order chi connectivity index (χ1) is 10.8. The van der Waals surface area contributed by atoms with Crippen LogP contribution in [0, 0.1) is 5.21 Å². The molecule has 23 heavy (non-hydrogen) atoms. The number of H-pyrrole nitrogens is 1. The van der Waals surface area contributed by atoms with E-state index in [-0.39, 0.29) is 5.16 Å². The summed E-state index contributed by atoms with van der Waals surface area (Å²) in [5, 5.41) is 10.8. The van der Waals surface area contributed by atoms with Crippen molar-refractivity contribution in [3.05, 3.63) is 56.9 Å². The molecule has 122 valence electrons. The topological polar surface area (TPSA) is 110 Å². The zero-order valence-electron chi connectivity index (χ0n) is 12.5. The van der Waals surface area contributed by atoms with Gasteiger partial charge in [-0.15, -0.1) is 0 Å². The van der Waals surface area contributed by atoms with Gasteiger partial charge in [0.25, 0.3) is 5.56 Å². The van der Waals surface area contributed by atoms with Crippen LogP contribution in [0.2, 0.25) is 0 Å². The summed E-state index contributed by atoms with van der Waals surface area (Å²) in [6, 6.07) is 3.47. The van der Waals surface area contributed by atoms with Gasteiger partial charge in [-0.3, -0.25) is 14.7 Å². The Labute approximate surface area is 132 Å². The highest BCUT2D eigenvalue weighted by atomic mass is 32.2. The standard InChI is InChI=1S/C14H16N4O4S/c1-23(21,22)14-15-12-4-5-17(9-11(12)13(19)16-14)8-10-2-6-18(20)7-3-10/h2-3,6-7H,4-5,8-9H2,1H3,(H,15,16,19). The molecule has 8 nitrogen and oxygen atoms in total. The van der Waals surface area contributed by atoms with Gasteiger partial charge in [0.1, 0.15) is 0 Å². The lowest BCUT2D eigenvalue weighted by atomic mass is 10.1. The average Bonchev–Trinajstić information content (AvgIpc) is 2.49. The lowest BCUT2D eigenvalue weighted by molar-refractivity contribution is -0.605. The van der Waals surface area contributed by atoms with E-state index in [1.807, 2.05) is 0 Å². The second-order valence-electron chi connectivity index (χ2n) is 5.60. The van der Waals surface area contributed by atoms with E-state index in [1.165, 1.54) is 12.4 Å². The Morgan fingerprint density at radius 1 is 1.39 bits per heavy atom. The smallest absolute Gasteiger partial charge is 0.256 e. The molecule has 0 saturated heterocycles. The quantitative estimate of drug-likeness (QED) is 0.454. The third-order valence-electron chi connectivity index (χ3n) is 3.75. The van der Waals surface area contributed by atoms with Gasteiger partial charge in [0.2, 0.25) is 15.0 Å². The highest BCUT2D eigenvalue weighted by molar-refractivity contribution is 7.90. The van der Waals surface area contributed by atoms with Gasteiger partial charge in [-0.2, -0.15) is 4.73 Å². The minimum atomic E-state index is -3.54. The van der Waals surface area contributed by atoms with E-state index in [1.54, 1.807) is 12.1 Å². The summed E-state index contributed by atoms with van der Waals surface area (Å²) in [5.74, 6) is 0. The Kier molecular flexibility index (Phi) is 3.90. The first-order valence-corrected chi connectivity index (χ1v) is 8.94. The third kappa shape index (κ3) is 3.40. The van der Waals surface area contributed by atoms with Crippen LogP contribution in [-0.4, -0.2) is 36.1 Å². The van der Waals surface area contributed by atoms with E-state index in [0.717, 1.165) is 16.5 Å². The average molecular weight is 336 g/mol. The first-order valence-electron chi connectivity index (χ1n) is 7.05. The Bertz CT molecular complexity index is 890. The molecule has 9 heteroatoms. The van der Waals surface area contributed by atoms with E-state index in [0.29, 0.717) is 37.3 Å². The number of rotatable bonds is 3. The Balaban J connectivity index is 1.84. The molecule has 0 unspecified atom stereocenters. The zero-order valence-corrected chi connectivity index (χ0v) is 13.3. The third-order valence-corrected chi connectivity index (χ3v) is 4.65. The highest BCUT2D eigenvalue weighted by Gasteiger charge is 2.23. The van der Waals surface area contributed by atoms with Crippen molar-refractivity contribution in [2.75, 3.05) is 12.8 Å². The summed E-state index contributed by atoms with van der Waals surface area (Å²) in [5.41, 5.74) is 1.60. The molecular weight excluding hydrogens is 320 g/mol. The summed E-state index contributed by atoms with van der Waals surface area (Å²) >= 11 is 0. The van der Waals surface area contributed by atoms with Crippen molar-refractivity contribution in [3.63, 3.8) is 0 Å². The SMILES string of the molecule is CS(=O)(=O)c1nc2c(c(=O)[nH]1)CN(Cc1cc[n+]([O-])cc1)CC2.